The number of Topliss-reactive ketones (excluding diaryl/α,β-unsaturated/α-hetero) is 1. The van der Waals surface area contributed by atoms with Crippen molar-refractivity contribution in [1.29, 1.82) is 0 Å². The predicted molar refractivity (Wildman–Crippen MR) is 60.6 cm³/mol. The van der Waals surface area contributed by atoms with E-state index in [4.69, 9.17) is 9.26 Å². The van der Waals surface area contributed by atoms with Gasteiger partial charge in [0.1, 0.15) is 5.60 Å². The maximum absolute atomic E-state index is 11.1. The van der Waals surface area contributed by atoms with Crippen LogP contribution in [0.3, 0.4) is 0 Å². The van der Waals surface area contributed by atoms with Gasteiger partial charge in [-0.3, -0.25) is 4.79 Å². The third-order valence-electron chi connectivity index (χ3n) is 3.61. The first kappa shape index (κ1) is 12.2. The van der Waals surface area contributed by atoms with Crippen LogP contribution in [0, 0.1) is 5.92 Å². The second kappa shape index (κ2) is 4.56. The van der Waals surface area contributed by atoms with Gasteiger partial charge in [-0.05, 0) is 31.6 Å². The summed E-state index contributed by atoms with van der Waals surface area (Å²) in [6.07, 6.45) is 3.92. The highest BCUT2D eigenvalue weighted by Crippen LogP contribution is 2.40. The van der Waals surface area contributed by atoms with Crippen molar-refractivity contribution < 1.29 is 14.1 Å². The molecule has 1 aliphatic rings. The highest BCUT2D eigenvalue weighted by Gasteiger charge is 2.40. The molecule has 5 heteroatoms. The zero-order chi connectivity index (χ0) is 12.5. The molecule has 5 nitrogen and oxygen atoms in total. The lowest BCUT2D eigenvalue weighted by atomic mass is 9.79. The summed E-state index contributed by atoms with van der Waals surface area (Å²) in [6.45, 7) is 3.65. The first-order valence-corrected chi connectivity index (χ1v) is 5.97. The van der Waals surface area contributed by atoms with Crippen LogP contribution in [0.5, 0.6) is 0 Å². The van der Waals surface area contributed by atoms with Crippen LogP contribution in [-0.2, 0) is 10.3 Å². The number of methoxy groups -OCH3 is 1. The lowest BCUT2D eigenvalue weighted by molar-refractivity contribution is -0.0609. The van der Waals surface area contributed by atoms with E-state index < -0.39 is 5.60 Å². The van der Waals surface area contributed by atoms with Gasteiger partial charge < -0.3 is 9.26 Å². The van der Waals surface area contributed by atoms with Gasteiger partial charge in [0.2, 0.25) is 11.6 Å². The highest BCUT2D eigenvalue weighted by molar-refractivity contribution is 5.89. The SMILES string of the molecule is COC1(c2noc(C(C)=O)n2)CCC(C)CC1. The molecule has 0 aromatic carbocycles. The van der Waals surface area contributed by atoms with E-state index in [1.165, 1.54) is 6.92 Å². The molecule has 1 fully saturated rings. The minimum Gasteiger partial charge on any atom is -0.370 e. The lowest BCUT2D eigenvalue weighted by Gasteiger charge is -2.35. The Morgan fingerprint density at radius 1 is 1.47 bits per heavy atom. The standard InChI is InChI=1S/C12H18N2O3/c1-8-4-6-12(16-3,7-5-8)11-13-10(9(2)15)17-14-11/h8H,4-7H2,1-3H3. The van der Waals surface area contributed by atoms with Crippen molar-refractivity contribution in [2.75, 3.05) is 7.11 Å². The zero-order valence-electron chi connectivity index (χ0n) is 10.5. The fourth-order valence-corrected chi connectivity index (χ4v) is 2.30. The Hall–Kier alpha value is -1.23. The third-order valence-corrected chi connectivity index (χ3v) is 3.61. The van der Waals surface area contributed by atoms with Crippen molar-refractivity contribution in [2.24, 2.45) is 5.92 Å². The average molecular weight is 238 g/mol. The minimum atomic E-state index is -0.469. The molecule has 0 N–H and O–H groups in total. The highest BCUT2D eigenvalue weighted by atomic mass is 16.5. The van der Waals surface area contributed by atoms with Crippen LogP contribution in [-0.4, -0.2) is 23.0 Å². The fraction of sp³-hybridized carbons (Fsp3) is 0.750. The topological polar surface area (TPSA) is 65.2 Å². The van der Waals surface area contributed by atoms with Crippen LogP contribution in [0.4, 0.5) is 0 Å². The smallest absolute Gasteiger partial charge is 0.293 e. The van der Waals surface area contributed by atoms with E-state index in [1.807, 2.05) is 0 Å². The van der Waals surface area contributed by atoms with Gasteiger partial charge in [-0.25, -0.2) is 0 Å². The van der Waals surface area contributed by atoms with Crippen molar-refractivity contribution >= 4 is 5.78 Å². The summed E-state index contributed by atoms with van der Waals surface area (Å²) in [4.78, 5) is 15.3. The molecule has 1 aromatic heterocycles. The number of hydrogen-bond acceptors (Lipinski definition) is 5. The normalized spacial score (nSPS) is 29.2. The Morgan fingerprint density at radius 3 is 2.59 bits per heavy atom. The Labute approximate surface area is 101 Å². The van der Waals surface area contributed by atoms with Gasteiger partial charge >= 0.3 is 0 Å². The van der Waals surface area contributed by atoms with Gasteiger partial charge in [0, 0.05) is 14.0 Å². The maximum Gasteiger partial charge on any atom is 0.293 e. The molecule has 0 aliphatic heterocycles. The number of rotatable bonds is 3. The number of ketones is 1. The van der Waals surface area contributed by atoms with Crippen LogP contribution >= 0.6 is 0 Å². The van der Waals surface area contributed by atoms with Crippen LogP contribution in [0.1, 0.15) is 56.0 Å². The second-order valence-corrected chi connectivity index (χ2v) is 4.86. The number of carbonyl (C=O) groups is 1. The number of aromatic nitrogens is 2. The molecule has 2 rings (SSSR count). The summed E-state index contributed by atoms with van der Waals surface area (Å²) in [7, 11) is 1.67. The minimum absolute atomic E-state index is 0.0649. The van der Waals surface area contributed by atoms with E-state index in [0.29, 0.717) is 11.7 Å². The summed E-state index contributed by atoms with van der Waals surface area (Å²) in [5.74, 6) is 1.07. The van der Waals surface area contributed by atoms with E-state index in [0.717, 1.165) is 25.7 Å². The average Bonchev–Trinajstić information content (AvgIpc) is 2.81. The predicted octanol–water partition coefficient (Wildman–Crippen LogP) is 2.32. The largest absolute Gasteiger partial charge is 0.370 e. The molecule has 0 unspecified atom stereocenters. The molecule has 0 radical (unpaired) electrons. The Kier molecular flexibility index (Phi) is 3.28. The molecule has 0 saturated heterocycles. The van der Waals surface area contributed by atoms with Gasteiger partial charge in [-0.1, -0.05) is 12.1 Å². The Balaban J connectivity index is 2.25. The molecule has 0 spiro atoms. The Morgan fingerprint density at radius 2 is 2.12 bits per heavy atom. The van der Waals surface area contributed by atoms with Gasteiger partial charge in [0.05, 0.1) is 0 Å². The van der Waals surface area contributed by atoms with E-state index in [-0.39, 0.29) is 11.7 Å². The molecule has 17 heavy (non-hydrogen) atoms. The molecule has 1 heterocycles. The number of carbonyl (C=O) groups excluding carboxylic acids is 1. The van der Waals surface area contributed by atoms with Crippen LogP contribution in [0.15, 0.2) is 4.52 Å². The maximum atomic E-state index is 11.1. The van der Waals surface area contributed by atoms with E-state index in [9.17, 15) is 4.79 Å². The monoisotopic (exact) mass is 238 g/mol. The summed E-state index contributed by atoms with van der Waals surface area (Å²) in [5, 5.41) is 3.90. The molecular formula is C12H18N2O3. The fourth-order valence-electron chi connectivity index (χ4n) is 2.30. The molecule has 0 bridgehead atoms. The third kappa shape index (κ3) is 2.24. The quantitative estimate of drug-likeness (QED) is 0.756. The number of nitrogens with zero attached hydrogens (tertiary/aromatic N) is 2. The van der Waals surface area contributed by atoms with Gasteiger partial charge in [-0.15, -0.1) is 0 Å². The first-order valence-electron chi connectivity index (χ1n) is 5.97. The zero-order valence-corrected chi connectivity index (χ0v) is 10.5. The second-order valence-electron chi connectivity index (χ2n) is 4.86. The number of ether oxygens (including phenoxy) is 1. The molecule has 94 valence electrons. The van der Waals surface area contributed by atoms with E-state index in [1.54, 1.807) is 7.11 Å². The van der Waals surface area contributed by atoms with Crippen molar-refractivity contribution in [3.8, 4) is 0 Å². The molecule has 0 atom stereocenters. The molecule has 1 aromatic rings. The molecule has 0 amide bonds. The summed E-state index contributed by atoms with van der Waals surface area (Å²) in [5.41, 5.74) is -0.469. The van der Waals surface area contributed by atoms with Crippen molar-refractivity contribution in [1.82, 2.24) is 10.1 Å². The van der Waals surface area contributed by atoms with Crippen LogP contribution < -0.4 is 0 Å². The number of hydrogen-bond donors (Lipinski definition) is 0. The van der Waals surface area contributed by atoms with Crippen molar-refractivity contribution in [2.45, 2.75) is 45.1 Å². The molecule has 1 aliphatic carbocycles. The van der Waals surface area contributed by atoms with Crippen molar-refractivity contribution in [3.63, 3.8) is 0 Å². The lowest BCUT2D eigenvalue weighted by Crippen LogP contribution is -2.34. The first-order chi connectivity index (χ1) is 8.07. The summed E-state index contributed by atoms with van der Waals surface area (Å²) >= 11 is 0. The van der Waals surface area contributed by atoms with Gasteiger partial charge in [0.15, 0.2) is 0 Å². The van der Waals surface area contributed by atoms with E-state index in [2.05, 4.69) is 17.1 Å². The van der Waals surface area contributed by atoms with Gasteiger partial charge in [0.25, 0.3) is 5.89 Å². The van der Waals surface area contributed by atoms with Gasteiger partial charge in [-0.2, -0.15) is 4.98 Å². The molecular weight excluding hydrogens is 220 g/mol. The summed E-state index contributed by atoms with van der Waals surface area (Å²) in [6, 6.07) is 0. The van der Waals surface area contributed by atoms with E-state index >= 15 is 0 Å². The Bertz CT molecular complexity index is 406. The summed E-state index contributed by atoms with van der Waals surface area (Å²) < 4.78 is 10.6. The van der Waals surface area contributed by atoms with Crippen LogP contribution in [0.2, 0.25) is 0 Å². The van der Waals surface area contributed by atoms with Crippen molar-refractivity contribution in [3.05, 3.63) is 11.7 Å². The molecule has 1 saturated carbocycles. The van der Waals surface area contributed by atoms with Crippen LogP contribution in [0.25, 0.3) is 0 Å².